The summed E-state index contributed by atoms with van der Waals surface area (Å²) in [5.74, 6) is -0.231. The Labute approximate surface area is 197 Å². The number of nitrogens with one attached hydrogen (secondary N) is 1. The lowest BCUT2D eigenvalue weighted by atomic mass is 10.0. The molecule has 0 spiro atoms. The van der Waals surface area contributed by atoms with Gasteiger partial charge in [-0.15, -0.1) is 22.7 Å². The maximum atomic E-state index is 13.7. The van der Waals surface area contributed by atoms with Crippen molar-refractivity contribution < 1.29 is 4.39 Å². The molecule has 0 bridgehead atoms. The Kier molecular flexibility index (Phi) is 5.18. The second-order valence-electron chi connectivity index (χ2n) is 7.98. The molecule has 3 aromatic heterocycles. The minimum Gasteiger partial charge on any atom is -0.323 e. The predicted molar refractivity (Wildman–Crippen MR) is 135 cm³/mol. The Hall–Kier alpha value is -2.39. The van der Waals surface area contributed by atoms with Crippen molar-refractivity contribution in [3.8, 4) is 10.6 Å². The number of hydrogen-bond donors (Lipinski definition) is 1. The first-order chi connectivity index (χ1) is 15.7. The zero-order valence-electron chi connectivity index (χ0n) is 17.5. The van der Waals surface area contributed by atoms with E-state index in [1.807, 2.05) is 17.4 Å². The van der Waals surface area contributed by atoms with Crippen molar-refractivity contribution in [1.82, 2.24) is 14.9 Å². The van der Waals surface area contributed by atoms with Gasteiger partial charge in [-0.3, -0.25) is 4.90 Å². The summed E-state index contributed by atoms with van der Waals surface area (Å²) in [4.78, 5) is 13.6. The third-order valence-corrected chi connectivity index (χ3v) is 8.87. The molecule has 6 rings (SSSR count). The van der Waals surface area contributed by atoms with Gasteiger partial charge in [-0.05, 0) is 55.3 Å². The molecule has 2 aromatic carbocycles. The molecule has 5 aromatic rings. The van der Waals surface area contributed by atoms with Gasteiger partial charge in [0.1, 0.15) is 15.8 Å². The number of halogens is 1. The van der Waals surface area contributed by atoms with Crippen molar-refractivity contribution in [3.63, 3.8) is 0 Å². The van der Waals surface area contributed by atoms with Gasteiger partial charge in [-0.2, -0.15) is 0 Å². The SMILES string of the molecule is CCCN1CCc2c(sc(Nc3nc4ccc(F)cc4s3)c2-c2nc3ccccc3s2)C1. The maximum Gasteiger partial charge on any atom is 0.188 e. The highest BCUT2D eigenvalue weighted by molar-refractivity contribution is 7.24. The summed E-state index contributed by atoms with van der Waals surface area (Å²) >= 11 is 5.04. The predicted octanol–water partition coefficient (Wildman–Crippen LogP) is 7.29. The lowest BCUT2D eigenvalue weighted by Crippen LogP contribution is -2.30. The molecule has 0 amide bonds. The monoisotopic (exact) mass is 480 g/mol. The van der Waals surface area contributed by atoms with Crippen molar-refractivity contribution in [2.75, 3.05) is 18.4 Å². The largest absolute Gasteiger partial charge is 0.323 e. The van der Waals surface area contributed by atoms with Gasteiger partial charge >= 0.3 is 0 Å². The Morgan fingerprint density at radius 2 is 1.91 bits per heavy atom. The fraction of sp³-hybridized carbons (Fsp3) is 0.250. The molecule has 0 aliphatic carbocycles. The van der Waals surface area contributed by atoms with E-state index >= 15 is 0 Å². The number of anilines is 2. The van der Waals surface area contributed by atoms with Crippen LogP contribution < -0.4 is 5.32 Å². The first-order valence-electron chi connectivity index (χ1n) is 10.7. The quantitative estimate of drug-likeness (QED) is 0.287. The van der Waals surface area contributed by atoms with Gasteiger partial charge in [0.25, 0.3) is 0 Å². The van der Waals surface area contributed by atoms with Crippen molar-refractivity contribution in [2.45, 2.75) is 26.3 Å². The average Bonchev–Trinajstić information content (AvgIpc) is 3.47. The van der Waals surface area contributed by atoms with Crippen LogP contribution in [0.25, 0.3) is 31.0 Å². The minimum absolute atomic E-state index is 0.231. The summed E-state index contributed by atoms with van der Waals surface area (Å²) in [5.41, 5.74) is 4.48. The van der Waals surface area contributed by atoms with Crippen LogP contribution in [0.15, 0.2) is 42.5 Å². The van der Waals surface area contributed by atoms with Crippen LogP contribution in [0.2, 0.25) is 0 Å². The molecular formula is C24H21FN4S3. The van der Waals surface area contributed by atoms with Crippen molar-refractivity contribution >= 4 is 64.6 Å². The molecule has 1 N–H and O–H groups in total. The third-order valence-electron chi connectivity index (χ3n) is 5.75. The number of benzene rings is 2. The highest BCUT2D eigenvalue weighted by Crippen LogP contribution is 2.47. The zero-order chi connectivity index (χ0) is 21.7. The maximum absolute atomic E-state index is 13.7. The van der Waals surface area contributed by atoms with E-state index in [9.17, 15) is 4.39 Å². The summed E-state index contributed by atoms with van der Waals surface area (Å²) in [6.45, 7) is 5.42. The highest BCUT2D eigenvalue weighted by atomic mass is 32.1. The molecule has 32 heavy (non-hydrogen) atoms. The molecule has 8 heteroatoms. The van der Waals surface area contributed by atoms with Gasteiger partial charge in [0, 0.05) is 23.5 Å². The third kappa shape index (κ3) is 3.61. The summed E-state index contributed by atoms with van der Waals surface area (Å²) in [6, 6.07) is 13.1. The lowest BCUT2D eigenvalue weighted by molar-refractivity contribution is 0.258. The van der Waals surface area contributed by atoms with E-state index in [-0.39, 0.29) is 5.82 Å². The van der Waals surface area contributed by atoms with Crippen LogP contribution in [0.4, 0.5) is 14.5 Å². The molecular weight excluding hydrogens is 459 g/mol. The van der Waals surface area contributed by atoms with E-state index in [4.69, 9.17) is 9.97 Å². The van der Waals surface area contributed by atoms with Gasteiger partial charge in [-0.1, -0.05) is 30.4 Å². The molecule has 162 valence electrons. The van der Waals surface area contributed by atoms with Crippen LogP contribution in [0.3, 0.4) is 0 Å². The lowest BCUT2D eigenvalue weighted by Gasteiger charge is -2.26. The van der Waals surface area contributed by atoms with E-state index in [0.717, 1.165) is 56.9 Å². The molecule has 4 nitrogen and oxygen atoms in total. The van der Waals surface area contributed by atoms with E-state index in [1.165, 1.54) is 44.5 Å². The normalized spacial score (nSPS) is 14.3. The Bertz CT molecular complexity index is 1400. The van der Waals surface area contributed by atoms with Crippen LogP contribution in [-0.2, 0) is 13.0 Å². The molecule has 0 saturated heterocycles. The van der Waals surface area contributed by atoms with Crippen molar-refractivity contribution in [3.05, 3.63) is 58.7 Å². The van der Waals surface area contributed by atoms with Crippen LogP contribution in [0.5, 0.6) is 0 Å². The number of thiazole rings is 2. The summed E-state index contributed by atoms with van der Waals surface area (Å²) in [7, 11) is 0. The fourth-order valence-corrected chi connectivity index (χ4v) is 7.67. The molecule has 1 aliphatic heterocycles. The Balaban J connectivity index is 1.45. The number of para-hydroxylation sites is 1. The molecule has 0 fully saturated rings. The molecule has 0 unspecified atom stereocenters. The number of rotatable bonds is 5. The summed E-state index contributed by atoms with van der Waals surface area (Å²) in [5, 5.41) is 6.52. The Morgan fingerprint density at radius 3 is 2.78 bits per heavy atom. The number of aromatic nitrogens is 2. The van der Waals surface area contributed by atoms with E-state index in [2.05, 4.69) is 35.3 Å². The van der Waals surface area contributed by atoms with Gasteiger partial charge in [0.15, 0.2) is 5.13 Å². The molecule has 4 heterocycles. The topological polar surface area (TPSA) is 41.0 Å². The summed E-state index contributed by atoms with van der Waals surface area (Å²) < 4.78 is 15.7. The Morgan fingerprint density at radius 1 is 1.03 bits per heavy atom. The first-order valence-corrected chi connectivity index (χ1v) is 13.2. The minimum atomic E-state index is -0.231. The van der Waals surface area contributed by atoms with Crippen LogP contribution in [0, 0.1) is 5.82 Å². The van der Waals surface area contributed by atoms with Gasteiger partial charge in [0.05, 0.1) is 20.4 Å². The fourth-order valence-electron chi connectivity index (χ4n) is 4.31. The van der Waals surface area contributed by atoms with Gasteiger partial charge in [-0.25, -0.2) is 14.4 Å². The second kappa shape index (κ2) is 8.19. The van der Waals surface area contributed by atoms with Crippen LogP contribution in [0.1, 0.15) is 23.8 Å². The smallest absolute Gasteiger partial charge is 0.188 e. The average molecular weight is 481 g/mol. The first kappa shape index (κ1) is 20.2. The summed E-state index contributed by atoms with van der Waals surface area (Å²) in [6.07, 6.45) is 2.20. The van der Waals surface area contributed by atoms with Gasteiger partial charge in [0.2, 0.25) is 0 Å². The number of nitrogens with zero attached hydrogens (tertiary/aromatic N) is 3. The van der Waals surface area contributed by atoms with Crippen LogP contribution in [-0.4, -0.2) is 28.0 Å². The van der Waals surface area contributed by atoms with Crippen molar-refractivity contribution in [1.29, 1.82) is 0 Å². The van der Waals surface area contributed by atoms with E-state index in [0.29, 0.717) is 0 Å². The van der Waals surface area contributed by atoms with Gasteiger partial charge < -0.3 is 5.32 Å². The molecule has 0 saturated carbocycles. The zero-order valence-corrected chi connectivity index (χ0v) is 20.0. The van der Waals surface area contributed by atoms with Crippen LogP contribution >= 0.6 is 34.0 Å². The second-order valence-corrected chi connectivity index (χ2v) is 11.1. The molecule has 0 radical (unpaired) electrons. The number of hydrogen-bond acceptors (Lipinski definition) is 7. The molecule has 0 atom stereocenters. The van der Waals surface area contributed by atoms with E-state index in [1.54, 1.807) is 23.5 Å². The number of fused-ring (bicyclic) bond motifs is 3. The highest BCUT2D eigenvalue weighted by Gasteiger charge is 2.27. The molecule has 1 aliphatic rings. The number of thiophene rings is 1. The van der Waals surface area contributed by atoms with Crippen molar-refractivity contribution in [2.24, 2.45) is 0 Å². The standard InChI is InChI=1S/C24H21FN4S3/c1-2-10-29-11-9-15-20(13-29)31-23(21(15)22-26-16-5-3-4-6-18(16)30-22)28-24-27-17-8-7-14(25)12-19(17)32-24/h3-8,12H,2,9-11,13H2,1H3,(H,27,28). The van der Waals surface area contributed by atoms with E-state index < -0.39 is 0 Å².